The molecule has 1 N–H and O–H groups in total. The van der Waals surface area contributed by atoms with Gasteiger partial charge in [0, 0.05) is 17.5 Å². The van der Waals surface area contributed by atoms with Crippen LogP contribution >= 0.6 is 0 Å². The van der Waals surface area contributed by atoms with Crippen LogP contribution in [-0.2, 0) is 4.74 Å². The van der Waals surface area contributed by atoms with Crippen LogP contribution in [0.25, 0.3) is 0 Å². The van der Waals surface area contributed by atoms with Crippen LogP contribution < -0.4 is 5.32 Å². The monoisotopic (exact) mass is 284 g/mol. The summed E-state index contributed by atoms with van der Waals surface area (Å²) >= 11 is 0. The van der Waals surface area contributed by atoms with Gasteiger partial charge in [0.15, 0.2) is 0 Å². The van der Waals surface area contributed by atoms with Gasteiger partial charge in [0.2, 0.25) is 0 Å². The lowest BCUT2D eigenvalue weighted by Gasteiger charge is -2.10. The Morgan fingerprint density at radius 2 is 2.00 bits per heavy atom. The Bertz CT molecular complexity index is 668. The smallest absolute Gasteiger partial charge is 0.340 e. The molecule has 0 atom stereocenters. The number of carbonyl (C=O) groups is 2. The topological polar surface area (TPSA) is 68.3 Å². The van der Waals surface area contributed by atoms with E-state index in [-0.39, 0.29) is 12.5 Å². The molecule has 5 nitrogen and oxygen atoms in total. The molecule has 0 saturated heterocycles. The van der Waals surface area contributed by atoms with E-state index in [4.69, 9.17) is 4.74 Å². The zero-order valence-electron chi connectivity index (χ0n) is 11.9. The molecule has 2 aromatic rings. The van der Waals surface area contributed by atoms with Crippen LogP contribution in [-0.4, -0.2) is 23.5 Å². The lowest BCUT2D eigenvalue weighted by molar-refractivity contribution is 0.0527. The van der Waals surface area contributed by atoms with Crippen molar-refractivity contribution in [2.75, 3.05) is 11.9 Å². The van der Waals surface area contributed by atoms with Crippen molar-refractivity contribution in [3.05, 3.63) is 59.4 Å². The van der Waals surface area contributed by atoms with E-state index in [1.165, 1.54) is 0 Å². The number of hydrogen-bond acceptors (Lipinski definition) is 4. The van der Waals surface area contributed by atoms with Crippen molar-refractivity contribution in [1.82, 2.24) is 4.98 Å². The molecule has 1 amide bonds. The Hall–Kier alpha value is -2.69. The number of aromatic nitrogens is 1. The van der Waals surface area contributed by atoms with Crippen molar-refractivity contribution in [3.8, 4) is 0 Å². The minimum Gasteiger partial charge on any atom is -0.462 e. The zero-order valence-corrected chi connectivity index (χ0v) is 11.9. The lowest BCUT2D eigenvalue weighted by atomic mass is 10.1. The predicted octanol–water partition coefficient (Wildman–Crippen LogP) is 2.82. The maximum Gasteiger partial charge on any atom is 0.340 e. The molecule has 5 heteroatoms. The molecule has 0 radical (unpaired) electrons. The van der Waals surface area contributed by atoms with Crippen molar-refractivity contribution in [3.63, 3.8) is 0 Å². The number of amides is 1. The maximum atomic E-state index is 12.2. The third kappa shape index (κ3) is 3.66. The number of carbonyl (C=O) groups excluding carboxylic acids is 2. The number of aryl methyl sites for hydroxylation is 1. The van der Waals surface area contributed by atoms with Crippen LogP contribution in [0, 0.1) is 6.92 Å². The summed E-state index contributed by atoms with van der Waals surface area (Å²) in [4.78, 5) is 28.1. The highest BCUT2D eigenvalue weighted by Gasteiger charge is 2.14. The molecule has 0 saturated carbocycles. The molecular weight excluding hydrogens is 268 g/mol. The average molecular weight is 284 g/mol. The third-order valence-electron chi connectivity index (χ3n) is 2.83. The number of anilines is 1. The standard InChI is InChI=1S/C16H16N2O3/c1-3-21-16(20)13-6-4-5-7-14(13)18-15(19)12-8-9-17-11(2)10-12/h4-10H,3H2,1-2H3,(H,18,19). The fraction of sp³-hybridized carbons (Fsp3) is 0.188. The maximum absolute atomic E-state index is 12.2. The van der Waals surface area contributed by atoms with E-state index in [0.29, 0.717) is 16.8 Å². The fourth-order valence-corrected chi connectivity index (χ4v) is 1.86. The normalized spacial score (nSPS) is 10.0. The highest BCUT2D eigenvalue weighted by molar-refractivity contribution is 6.08. The van der Waals surface area contributed by atoms with Crippen LogP contribution in [0.15, 0.2) is 42.6 Å². The van der Waals surface area contributed by atoms with Crippen LogP contribution in [0.5, 0.6) is 0 Å². The summed E-state index contributed by atoms with van der Waals surface area (Å²) in [5.41, 5.74) is 2.00. The fourth-order valence-electron chi connectivity index (χ4n) is 1.86. The van der Waals surface area contributed by atoms with Gasteiger partial charge in [-0.05, 0) is 38.1 Å². The van der Waals surface area contributed by atoms with Crippen molar-refractivity contribution in [1.29, 1.82) is 0 Å². The molecule has 0 aliphatic rings. The molecule has 0 aliphatic carbocycles. The average Bonchev–Trinajstić information content (AvgIpc) is 2.48. The Kier molecular flexibility index (Phi) is 4.66. The van der Waals surface area contributed by atoms with Gasteiger partial charge in [0.25, 0.3) is 5.91 Å². The van der Waals surface area contributed by atoms with Gasteiger partial charge in [-0.15, -0.1) is 0 Å². The Labute approximate surface area is 123 Å². The van der Waals surface area contributed by atoms with E-state index in [9.17, 15) is 9.59 Å². The Morgan fingerprint density at radius 1 is 1.24 bits per heavy atom. The van der Waals surface area contributed by atoms with E-state index in [0.717, 1.165) is 5.69 Å². The molecular formula is C16H16N2O3. The zero-order chi connectivity index (χ0) is 15.2. The predicted molar refractivity (Wildman–Crippen MR) is 79.3 cm³/mol. The molecule has 0 bridgehead atoms. The summed E-state index contributed by atoms with van der Waals surface area (Å²) in [6, 6.07) is 10.1. The minimum absolute atomic E-state index is 0.282. The van der Waals surface area contributed by atoms with Gasteiger partial charge in [-0.2, -0.15) is 0 Å². The van der Waals surface area contributed by atoms with Gasteiger partial charge < -0.3 is 10.1 Å². The number of benzene rings is 1. The summed E-state index contributed by atoms with van der Waals surface area (Å²) in [5.74, 6) is -0.753. The van der Waals surface area contributed by atoms with Gasteiger partial charge in [0.05, 0.1) is 17.9 Å². The first-order valence-corrected chi connectivity index (χ1v) is 6.62. The molecule has 2 rings (SSSR count). The van der Waals surface area contributed by atoms with Crippen LogP contribution in [0.4, 0.5) is 5.69 Å². The number of hydrogen-bond donors (Lipinski definition) is 1. The van der Waals surface area contributed by atoms with Crippen molar-refractivity contribution in [2.24, 2.45) is 0 Å². The first kappa shape index (κ1) is 14.7. The molecule has 21 heavy (non-hydrogen) atoms. The molecule has 0 aliphatic heterocycles. The molecule has 1 heterocycles. The van der Waals surface area contributed by atoms with Gasteiger partial charge in [0.1, 0.15) is 0 Å². The number of nitrogens with zero attached hydrogens (tertiary/aromatic N) is 1. The van der Waals surface area contributed by atoms with E-state index < -0.39 is 5.97 Å². The molecule has 1 aromatic carbocycles. The SMILES string of the molecule is CCOC(=O)c1ccccc1NC(=O)c1ccnc(C)c1. The summed E-state index contributed by atoms with van der Waals surface area (Å²) < 4.78 is 4.97. The highest BCUT2D eigenvalue weighted by atomic mass is 16.5. The first-order valence-electron chi connectivity index (χ1n) is 6.62. The molecule has 0 spiro atoms. The van der Waals surface area contributed by atoms with Gasteiger partial charge in [-0.1, -0.05) is 12.1 Å². The van der Waals surface area contributed by atoms with E-state index in [1.54, 1.807) is 49.5 Å². The van der Waals surface area contributed by atoms with E-state index >= 15 is 0 Å². The third-order valence-corrected chi connectivity index (χ3v) is 2.83. The van der Waals surface area contributed by atoms with Crippen molar-refractivity contribution in [2.45, 2.75) is 13.8 Å². The first-order chi connectivity index (χ1) is 10.1. The highest BCUT2D eigenvalue weighted by Crippen LogP contribution is 2.17. The lowest BCUT2D eigenvalue weighted by Crippen LogP contribution is -2.16. The number of pyridine rings is 1. The summed E-state index contributed by atoms with van der Waals surface area (Å²) in [7, 11) is 0. The van der Waals surface area contributed by atoms with E-state index in [2.05, 4.69) is 10.3 Å². The van der Waals surface area contributed by atoms with Gasteiger partial charge >= 0.3 is 5.97 Å². The summed E-state index contributed by atoms with van der Waals surface area (Å²) in [6.45, 7) is 3.83. The van der Waals surface area contributed by atoms with Crippen LogP contribution in [0.2, 0.25) is 0 Å². The second-order valence-electron chi connectivity index (χ2n) is 4.41. The number of rotatable bonds is 4. The van der Waals surface area contributed by atoms with Crippen LogP contribution in [0.3, 0.4) is 0 Å². The minimum atomic E-state index is -0.459. The molecule has 108 valence electrons. The summed E-state index contributed by atoms with van der Waals surface area (Å²) in [6.07, 6.45) is 1.57. The number of nitrogens with one attached hydrogen (secondary N) is 1. The van der Waals surface area contributed by atoms with Gasteiger partial charge in [-0.3, -0.25) is 9.78 Å². The second kappa shape index (κ2) is 6.65. The van der Waals surface area contributed by atoms with Crippen molar-refractivity contribution < 1.29 is 14.3 Å². The van der Waals surface area contributed by atoms with Crippen LogP contribution in [0.1, 0.15) is 33.3 Å². The van der Waals surface area contributed by atoms with Crippen molar-refractivity contribution >= 4 is 17.6 Å². The number of para-hydroxylation sites is 1. The Balaban J connectivity index is 2.23. The van der Waals surface area contributed by atoms with Gasteiger partial charge in [-0.25, -0.2) is 4.79 Å². The van der Waals surface area contributed by atoms with E-state index in [1.807, 2.05) is 6.92 Å². The largest absolute Gasteiger partial charge is 0.462 e. The molecule has 0 fully saturated rings. The molecule has 1 aromatic heterocycles. The number of ether oxygens (including phenoxy) is 1. The summed E-state index contributed by atoms with van der Waals surface area (Å²) in [5, 5.41) is 2.73. The Morgan fingerprint density at radius 3 is 2.71 bits per heavy atom. The second-order valence-corrected chi connectivity index (χ2v) is 4.41. The molecule has 0 unspecified atom stereocenters. The number of esters is 1. The quantitative estimate of drug-likeness (QED) is 0.877.